The highest BCUT2D eigenvalue weighted by Crippen LogP contribution is 2.24. The van der Waals surface area contributed by atoms with Crippen LogP contribution < -0.4 is 0 Å². The van der Waals surface area contributed by atoms with Crippen molar-refractivity contribution in [3.8, 4) is 11.3 Å². The van der Waals surface area contributed by atoms with Crippen LogP contribution in [0.5, 0.6) is 0 Å². The summed E-state index contributed by atoms with van der Waals surface area (Å²) in [7, 11) is 0. The topological polar surface area (TPSA) is 52.3 Å². The van der Waals surface area contributed by atoms with E-state index in [0.29, 0.717) is 0 Å². The molecule has 24 heavy (non-hydrogen) atoms. The molecular formula is C17H10ClF2NO3. The maximum absolute atomic E-state index is 13.7. The Hall–Kier alpha value is -2.73. The summed E-state index contributed by atoms with van der Waals surface area (Å²) in [6.07, 6.45) is 0. The van der Waals surface area contributed by atoms with Crippen LogP contribution in [-0.4, -0.2) is 11.1 Å². The van der Waals surface area contributed by atoms with E-state index in [0.717, 1.165) is 12.1 Å². The third-order valence-corrected chi connectivity index (χ3v) is 3.53. The first kappa shape index (κ1) is 16.1. The van der Waals surface area contributed by atoms with Crippen molar-refractivity contribution in [3.05, 3.63) is 76.4 Å². The normalized spacial score (nSPS) is 10.6. The van der Waals surface area contributed by atoms with Gasteiger partial charge in [-0.25, -0.2) is 13.6 Å². The predicted molar refractivity (Wildman–Crippen MR) is 82.4 cm³/mol. The number of rotatable bonds is 4. The number of aromatic nitrogens is 1. The molecule has 0 atom stereocenters. The van der Waals surface area contributed by atoms with Gasteiger partial charge in [0.15, 0.2) is 5.76 Å². The van der Waals surface area contributed by atoms with Crippen LogP contribution in [0.25, 0.3) is 11.3 Å². The first-order valence-corrected chi connectivity index (χ1v) is 7.25. The zero-order chi connectivity index (χ0) is 17.1. The lowest BCUT2D eigenvalue weighted by molar-refractivity contribution is 0.0464. The van der Waals surface area contributed by atoms with Crippen LogP contribution in [0.1, 0.15) is 16.1 Å². The van der Waals surface area contributed by atoms with Crippen molar-refractivity contribution in [2.24, 2.45) is 0 Å². The maximum Gasteiger partial charge on any atom is 0.340 e. The third-order valence-electron chi connectivity index (χ3n) is 3.20. The highest BCUT2D eigenvalue weighted by atomic mass is 35.5. The number of hydrogen-bond donors (Lipinski definition) is 0. The summed E-state index contributed by atoms with van der Waals surface area (Å²) >= 11 is 5.91. The molecule has 0 spiro atoms. The largest absolute Gasteiger partial charge is 0.455 e. The van der Waals surface area contributed by atoms with E-state index in [9.17, 15) is 13.6 Å². The molecule has 122 valence electrons. The van der Waals surface area contributed by atoms with E-state index in [-0.39, 0.29) is 34.2 Å². The highest BCUT2D eigenvalue weighted by Gasteiger charge is 2.15. The van der Waals surface area contributed by atoms with Gasteiger partial charge in [0.2, 0.25) is 0 Å². The van der Waals surface area contributed by atoms with Gasteiger partial charge in [0.25, 0.3) is 0 Å². The summed E-state index contributed by atoms with van der Waals surface area (Å²) in [5.41, 5.74) is 0.578. The Balaban J connectivity index is 1.70. The first-order chi connectivity index (χ1) is 11.5. The van der Waals surface area contributed by atoms with E-state index in [2.05, 4.69) is 5.16 Å². The Bertz CT molecular complexity index is 895. The fourth-order valence-electron chi connectivity index (χ4n) is 2.04. The van der Waals surface area contributed by atoms with Gasteiger partial charge in [0, 0.05) is 12.1 Å². The van der Waals surface area contributed by atoms with Gasteiger partial charge < -0.3 is 9.26 Å². The summed E-state index contributed by atoms with van der Waals surface area (Å²) in [6, 6.07) is 11.0. The second-order valence-corrected chi connectivity index (χ2v) is 5.27. The minimum Gasteiger partial charge on any atom is -0.455 e. The first-order valence-electron chi connectivity index (χ1n) is 6.87. The number of halogens is 3. The van der Waals surface area contributed by atoms with Gasteiger partial charge in [-0.2, -0.15) is 0 Å². The molecule has 0 N–H and O–H groups in total. The fraction of sp³-hybridized carbons (Fsp3) is 0.0588. The van der Waals surface area contributed by atoms with Gasteiger partial charge in [-0.1, -0.05) is 28.9 Å². The zero-order valence-corrected chi connectivity index (χ0v) is 12.9. The van der Waals surface area contributed by atoms with E-state index in [1.807, 2.05) is 0 Å². The lowest BCUT2D eigenvalue weighted by Crippen LogP contribution is -2.05. The molecule has 3 rings (SSSR count). The average Bonchev–Trinajstić information content (AvgIpc) is 3.01. The van der Waals surface area contributed by atoms with Gasteiger partial charge >= 0.3 is 5.97 Å². The van der Waals surface area contributed by atoms with Gasteiger partial charge in [0.05, 0.1) is 16.1 Å². The summed E-state index contributed by atoms with van der Waals surface area (Å²) in [5.74, 6) is -1.97. The SMILES string of the molecule is O=C(OCc1cc(-c2ccc(F)cc2F)on1)c1ccccc1Cl. The Morgan fingerprint density at radius 2 is 1.96 bits per heavy atom. The van der Waals surface area contributed by atoms with Gasteiger partial charge in [-0.3, -0.25) is 0 Å². The van der Waals surface area contributed by atoms with Crippen molar-refractivity contribution in [3.63, 3.8) is 0 Å². The number of hydrogen-bond acceptors (Lipinski definition) is 4. The Morgan fingerprint density at radius 3 is 2.71 bits per heavy atom. The molecule has 7 heteroatoms. The second kappa shape index (κ2) is 6.80. The molecule has 0 bridgehead atoms. The fourth-order valence-corrected chi connectivity index (χ4v) is 2.25. The lowest BCUT2D eigenvalue weighted by atomic mass is 10.1. The summed E-state index contributed by atoms with van der Waals surface area (Å²) in [6.45, 7) is -0.170. The number of carbonyl (C=O) groups excluding carboxylic acids is 1. The molecule has 3 aromatic rings. The molecule has 0 saturated carbocycles. The molecule has 0 aliphatic rings. The van der Waals surface area contributed by atoms with Crippen LogP contribution >= 0.6 is 11.6 Å². The van der Waals surface area contributed by atoms with Crippen LogP contribution in [0.4, 0.5) is 8.78 Å². The maximum atomic E-state index is 13.7. The molecule has 0 aliphatic heterocycles. The minimum absolute atomic E-state index is 0.0626. The average molecular weight is 350 g/mol. The molecule has 1 heterocycles. The molecule has 2 aromatic carbocycles. The monoisotopic (exact) mass is 349 g/mol. The second-order valence-electron chi connectivity index (χ2n) is 4.86. The molecule has 0 saturated heterocycles. The zero-order valence-electron chi connectivity index (χ0n) is 12.1. The van der Waals surface area contributed by atoms with Crippen molar-refractivity contribution >= 4 is 17.6 Å². The van der Waals surface area contributed by atoms with Crippen LogP contribution in [0, 0.1) is 11.6 Å². The highest BCUT2D eigenvalue weighted by molar-refractivity contribution is 6.33. The number of carbonyl (C=O) groups is 1. The van der Waals surface area contributed by atoms with Crippen LogP contribution in [0.2, 0.25) is 5.02 Å². The lowest BCUT2D eigenvalue weighted by Gasteiger charge is -2.03. The number of benzene rings is 2. The van der Waals surface area contributed by atoms with E-state index in [4.69, 9.17) is 20.9 Å². The third kappa shape index (κ3) is 3.44. The van der Waals surface area contributed by atoms with Crippen molar-refractivity contribution in [1.29, 1.82) is 0 Å². The quantitative estimate of drug-likeness (QED) is 0.644. The number of ether oxygens (including phenoxy) is 1. The van der Waals surface area contributed by atoms with Gasteiger partial charge in [-0.05, 0) is 24.3 Å². The number of esters is 1. The van der Waals surface area contributed by atoms with Gasteiger partial charge in [-0.15, -0.1) is 0 Å². The molecule has 0 amide bonds. The van der Waals surface area contributed by atoms with Crippen LogP contribution in [0.15, 0.2) is 53.1 Å². The van der Waals surface area contributed by atoms with E-state index < -0.39 is 17.6 Å². The summed E-state index contributed by atoms with van der Waals surface area (Å²) < 4.78 is 36.7. The molecule has 0 radical (unpaired) electrons. The smallest absolute Gasteiger partial charge is 0.340 e. The van der Waals surface area contributed by atoms with Crippen LogP contribution in [0.3, 0.4) is 0 Å². The Kier molecular flexibility index (Phi) is 4.57. The Labute approximate surface area is 140 Å². The Morgan fingerprint density at radius 1 is 1.17 bits per heavy atom. The van der Waals surface area contributed by atoms with E-state index in [1.165, 1.54) is 18.2 Å². The van der Waals surface area contributed by atoms with Crippen molar-refractivity contribution < 1.29 is 22.8 Å². The van der Waals surface area contributed by atoms with Crippen LogP contribution in [-0.2, 0) is 11.3 Å². The molecule has 0 aliphatic carbocycles. The molecule has 0 fully saturated rings. The van der Waals surface area contributed by atoms with Crippen molar-refractivity contribution in [1.82, 2.24) is 5.16 Å². The number of nitrogens with zero attached hydrogens (tertiary/aromatic N) is 1. The molecule has 1 aromatic heterocycles. The van der Waals surface area contributed by atoms with Crippen molar-refractivity contribution in [2.75, 3.05) is 0 Å². The van der Waals surface area contributed by atoms with Gasteiger partial charge in [0.1, 0.15) is 23.9 Å². The molecular weight excluding hydrogens is 340 g/mol. The summed E-state index contributed by atoms with van der Waals surface area (Å²) in [5, 5.41) is 3.97. The molecule has 0 unspecified atom stereocenters. The predicted octanol–water partition coefficient (Wildman–Crippen LogP) is 4.63. The van der Waals surface area contributed by atoms with Crippen molar-refractivity contribution in [2.45, 2.75) is 6.61 Å². The standard InChI is InChI=1S/C17H10ClF2NO3/c18-14-4-2-1-3-12(14)17(22)23-9-11-8-16(24-21-11)13-6-5-10(19)7-15(13)20/h1-8H,9H2. The summed E-state index contributed by atoms with van der Waals surface area (Å²) in [4.78, 5) is 11.9. The van der Waals surface area contributed by atoms with E-state index >= 15 is 0 Å². The van der Waals surface area contributed by atoms with E-state index in [1.54, 1.807) is 18.2 Å². The minimum atomic E-state index is -0.772. The molecule has 4 nitrogen and oxygen atoms in total.